The van der Waals surface area contributed by atoms with Crippen LogP contribution < -0.4 is 0 Å². The Balaban J connectivity index is 0.000000640. The van der Waals surface area contributed by atoms with Crippen molar-refractivity contribution in [2.45, 2.75) is 17.7 Å². The summed E-state index contributed by atoms with van der Waals surface area (Å²) < 4.78 is 0. The van der Waals surface area contributed by atoms with Crippen LogP contribution in [0.25, 0.3) is 0 Å². The second-order valence-electron chi connectivity index (χ2n) is 2.48. The van der Waals surface area contributed by atoms with Crippen LogP contribution >= 0.6 is 15.9 Å². The molecule has 1 heterocycles. The molecule has 0 bridgehead atoms. The zero-order valence-electron chi connectivity index (χ0n) is 5.23. The number of piperidine rings is 1. The number of hydrogen-bond acceptors (Lipinski definition) is 1. The van der Waals surface area contributed by atoms with Crippen molar-refractivity contribution in [1.29, 1.82) is 0 Å². The van der Waals surface area contributed by atoms with Gasteiger partial charge < -0.3 is 4.90 Å². The summed E-state index contributed by atoms with van der Waals surface area (Å²) in [5.74, 6) is 0. The molecule has 0 aromatic carbocycles. The van der Waals surface area contributed by atoms with E-state index in [1.54, 1.807) is 0 Å². The molecule has 0 aromatic rings. The lowest BCUT2D eigenvalue weighted by atomic mass is 10.1. The highest BCUT2D eigenvalue weighted by molar-refractivity contribution is 9.09. The summed E-state index contributed by atoms with van der Waals surface area (Å²) in [5, 5.41) is 0. The summed E-state index contributed by atoms with van der Waals surface area (Å²) in [6.07, 6.45) is 2.63. The van der Waals surface area contributed by atoms with Gasteiger partial charge in [0.15, 0.2) is 0 Å². The highest BCUT2D eigenvalue weighted by Crippen LogP contribution is 2.15. The summed E-state index contributed by atoms with van der Waals surface area (Å²) >= 11 is 3.59. The highest BCUT2D eigenvalue weighted by atomic mass is 79.9. The molecule has 3 heteroatoms. The van der Waals surface area contributed by atoms with Crippen molar-refractivity contribution >= 4 is 39.0 Å². The van der Waals surface area contributed by atoms with E-state index in [2.05, 4.69) is 27.9 Å². The van der Waals surface area contributed by atoms with Gasteiger partial charge in [-0.15, -0.1) is 0 Å². The number of halogens is 1. The van der Waals surface area contributed by atoms with Crippen LogP contribution in [0.4, 0.5) is 0 Å². The fraction of sp³-hybridized carbons (Fsp3) is 1.00. The molecule has 0 atom stereocenters. The molecule has 0 radical (unpaired) electrons. The fourth-order valence-electron chi connectivity index (χ4n) is 0.977. The number of rotatable bonds is 0. The molecule has 1 fully saturated rings. The van der Waals surface area contributed by atoms with Gasteiger partial charge in [0, 0.05) is 4.83 Å². The van der Waals surface area contributed by atoms with Crippen molar-refractivity contribution in [3.63, 3.8) is 0 Å². The maximum Gasteiger partial charge on any atom is 0.316 e. The molecule has 0 amide bonds. The fourth-order valence-corrected chi connectivity index (χ4v) is 1.39. The van der Waals surface area contributed by atoms with Gasteiger partial charge in [0.2, 0.25) is 0 Å². The number of nitrogens with zero attached hydrogens (tertiary/aromatic N) is 1. The minimum atomic E-state index is 0. The van der Waals surface area contributed by atoms with Crippen molar-refractivity contribution in [3.05, 3.63) is 0 Å². The summed E-state index contributed by atoms with van der Waals surface area (Å²) in [4.78, 5) is 3.16. The van der Waals surface area contributed by atoms with Crippen LogP contribution in [0.1, 0.15) is 12.8 Å². The Hall–Kier alpha value is 1.21. The lowest BCUT2D eigenvalue weighted by Crippen LogP contribution is -2.30. The third kappa shape index (κ3) is 3.81. The summed E-state index contributed by atoms with van der Waals surface area (Å²) in [7, 11) is 2.18. The van der Waals surface area contributed by atoms with Gasteiger partial charge in [0.1, 0.15) is 0 Å². The minimum absolute atomic E-state index is 0. The number of likely N-dealkylation sites (tertiary alicyclic amines) is 1. The molecule has 1 saturated heterocycles. The normalized spacial score (nSPS) is 23.3. The maximum atomic E-state index is 3.59. The predicted octanol–water partition coefficient (Wildman–Crippen LogP) is 0.559. The van der Waals surface area contributed by atoms with E-state index in [1.807, 2.05) is 0 Å². The second-order valence-corrected chi connectivity index (χ2v) is 3.77. The molecule has 0 aromatic heterocycles. The molecule has 0 unspecified atom stereocenters. The topological polar surface area (TPSA) is 3.24 Å². The first-order valence-corrected chi connectivity index (χ1v) is 4.03. The van der Waals surface area contributed by atoms with Crippen molar-refractivity contribution in [2.24, 2.45) is 0 Å². The van der Waals surface area contributed by atoms with Gasteiger partial charge in [0.05, 0.1) is 0 Å². The maximum absolute atomic E-state index is 3.59. The molecule has 1 aliphatic heterocycles. The van der Waals surface area contributed by atoms with Crippen LogP contribution in [0.3, 0.4) is 0 Å². The Kier molecular flexibility index (Phi) is 5.60. The molecule has 1 nitrogen and oxygen atoms in total. The Morgan fingerprint density at radius 3 is 2.11 bits per heavy atom. The van der Waals surface area contributed by atoms with Crippen molar-refractivity contribution < 1.29 is 0 Å². The molecule has 1 rings (SSSR count). The summed E-state index contributed by atoms with van der Waals surface area (Å²) in [5.41, 5.74) is 0. The minimum Gasteiger partial charge on any atom is -0.306 e. The lowest BCUT2D eigenvalue weighted by Gasteiger charge is -2.24. The van der Waals surface area contributed by atoms with Gasteiger partial charge in [-0.1, -0.05) is 15.9 Å². The Bertz CT molecular complexity index is 61.5. The molecule has 0 aliphatic carbocycles. The number of alkyl halides is 1. The van der Waals surface area contributed by atoms with E-state index in [4.69, 9.17) is 0 Å². The van der Waals surface area contributed by atoms with Crippen LogP contribution in [0.5, 0.6) is 0 Å². The molecule has 0 N–H and O–H groups in total. The van der Waals surface area contributed by atoms with Crippen LogP contribution in [0.15, 0.2) is 0 Å². The molecule has 1 aliphatic rings. The molecule has 52 valence electrons. The molecule has 0 saturated carbocycles. The van der Waals surface area contributed by atoms with Gasteiger partial charge >= 0.3 is 23.1 Å². The third-order valence-electron chi connectivity index (χ3n) is 1.65. The zero-order valence-corrected chi connectivity index (χ0v) is 6.82. The van der Waals surface area contributed by atoms with E-state index >= 15 is 0 Å². The first kappa shape index (κ1) is 10.2. The van der Waals surface area contributed by atoms with Crippen molar-refractivity contribution in [1.82, 2.24) is 4.90 Å². The monoisotopic (exact) mass is 203 g/mol. The van der Waals surface area contributed by atoms with Crippen molar-refractivity contribution in [2.75, 3.05) is 20.1 Å². The predicted molar refractivity (Wildman–Crippen MR) is 48.0 cm³/mol. The smallest absolute Gasteiger partial charge is 0.306 e. The second kappa shape index (κ2) is 4.94. The van der Waals surface area contributed by atoms with E-state index in [0.717, 1.165) is 4.83 Å². The zero-order chi connectivity index (χ0) is 5.98. The first-order valence-electron chi connectivity index (χ1n) is 3.11. The third-order valence-corrected chi connectivity index (χ3v) is 2.56. The highest BCUT2D eigenvalue weighted by Gasteiger charge is 2.12. The summed E-state index contributed by atoms with van der Waals surface area (Å²) in [6.45, 7) is 2.52. The van der Waals surface area contributed by atoms with E-state index in [0.29, 0.717) is 0 Å². The van der Waals surface area contributed by atoms with Gasteiger partial charge in [0.25, 0.3) is 0 Å². The standard InChI is InChI=1S/C6H12BrN.Mg.2H/c1-8-4-2-6(7)3-5-8;;;/h6H,2-5H2,1H3;;;. The molecular weight excluding hydrogens is 190 g/mol. The lowest BCUT2D eigenvalue weighted by molar-refractivity contribution is 0.284. The first-order chi connectivity index (χ1) is 3.79. The van der Waals surface area contributed by atoms with Crippen LogP contribution in [0, 0.1) is 0 Å². The Morgan fingerprint density at radius 1 is 1.33 bits per heavy atom. The van der Waals surface area contributed by atoms with Crippen LogP contribution in [-0.2, 0) is 0 Å². The molecular formula is C6H14BrMgN. The van der Waals surface area contributed by atoms with E-state index in [-0.39, 0.29) is 23.1 Å². The Morgan fingerprint density at radius 2 is 1.78 bits per heavy atom. The van der Waals surface area contributed by atoms with Gasteiger partial charge in [-0.25, -0.2) is 0 Å². The number of hydrogen-bond donors (Lipinski definition) is 0. The average Bonchev–Trinajstić information content (AvgIpc) is 1.77. The Labute approximate surface area is 81.5 Å². The van der Waals surface area contributed by atoms with Gasteiger partial charge in [-0.2, -0.15) is 0 Å². The quantitative estimate of drug-likeness (QED) is 0.412. The molecule has 9 heavy (non-hydrogen) atoms. The van der Waals surface area contributed by atoms with Gasteiger partial charge in [-0.3, -0.25) is 0 Å². The largest absolute Gasteiger partial charge is 0.316 e. The van der Waals surface area contributed by atoms with Crippen molar-refractivity contribution in [3.8, 4) is 0 Å². The molecule has 0 spiro atoms. The average molecular weight is 204 g/mol. The van der Waals surface area contributed by atoms with E-state index < -0.39 is 0 Å². The SMILES string of the molecule is CN1CCC(Br)CC1.[MgH2]. The van der Waals surface area contributed by atoms with E-state index in [9.17, 15) is 0 Å². The van der Waals surface area contributed by atoms with Crippen LogP contribution in [0.2, 0.25) is 0 Å². The van der Waals surface area contributed by atoms with E-state index in [1.165, 1.54) is 25.9 Å². The van der Waals surface area contributed by atoms with Gasteiger partial charge in [-0.05, 0) is 33.0 Å². The summed E-state index contributed by atoms with van der Waals surface area (Å²) in [6, 6.07) is 0. The van der Waals surface area contributed by atoms with Crippen LogP contribution in [-0.4, -0.2) is 52.9 Å².